The van der Waals surface area contributed by atoms with Gasteiger partial charge >= 0.3 is 0 Å². The van der Waals surface area contributed by atoms with Crippen LogP contribution in [0.1, 0.15) is 27.4 Å². The second-order valence-electron chi connectivity index (χ2n) is 6.88. The van der Waals surface area contributed by atoms with Crippen LogP contribution in [0.15, 0.2) is 77.5 Å². The largest absolute Gasteiger partial charge is 0.486 e. The number of ether oxygens (including phenoxy) is 1. The minimum atomic E-state index is -0.345. The molecule has 0 fully saturated rings. The molecule has 6 nitrogen and oxygen atoms in total. The van der Waals surface area contributed by atoms with Crippen molar-refractivity contribution in [1.82, 2.24) is 9.78 Å². The van der Waals surface area contributed by atoms with Gasteiger partial charge < -0.3 is 14.5 Å². The number of carbonyl (C=O) groups is 1. The second kappa shape index (κ2) is 8.88. The fourth-order valence-electron chi connectivity index (χ4n) is 2.97. The average molecular weight is 422 g/mol. The van der Waals surface area contributed by atoms with E-state index in [0.717, 1.165) is 5.56 Å². The van der Waals surface area contributed by atoms with Crippen LogP contribution in [0.2, 0.25) is 5.02 Å². The lowest BCUT2D eigenvalue weighted by molar-refractivity contribution is 0.0992. The third kappa shape index (κ3) is 5.10. The van der Waals surface area contributed by atoms with Crippen LogP contribution in [-0.2, 0) is 13.2 Å². The van der Waals surface area contributed by atoms with Gasteiger partial charge in [0.25, 0.3) is 5.91 Å². The monoisotopic (exact) mass is 421 g/mol. The van der Waals surface area contributed by atoms with Crippen molar-refractivity contribution in [2.75, 3.05) is 5.32 Å². The summed E-state index contributed by atoms with van der Waals surface area (Å²) in [6, 6.07) is 18.6. The summed E-state index contributed by atoms with van der Waals surface area (Å²) in [5.74, 6) is 1.08. The van der Waals surface area contributed by atoms with Gasteiger partial charge in [-0.3, -0.25) is 9.48 Å². The molecule has 0 atom stereocenters. The lowest BCUT2D eigenvalue weighted by atomic mass is 10.1. The fourth-order valence-corrected chi connectivity index (χ4v) is 3.09. The van der Waals surface area contributed by atoms with Gasteiger partial charge in [-0.15, -0.1) is 0 Å². The van der Waals surface area contributed by atoms with Crippen LogP contribution < -0.4 is 10.1 Å². The van der Waals surface area contributed by atoms with Crippen LogP contribution in [0.4, 0.5) is 5.69 Å². The van der Waals surface area contributed by atoms with Gasteiger partial charge in [0.1, 0.15) is 18.1 Å². The Labute approximate surface area is 179 Å². The molecule has 4 rings (SSSR count). The van der Waals surface area contributed by atoms with Crippen molar-refractivity contribution >= 4 is 23.2 Å². The Morgan fingerprint density at radius 1 is 1.17 bits per heavy atom. The predicted molar refractivity (Wildman–Crippen MR) is 115 cm³/mol. The first-order valence-electron chi connectivity index (χ1n) is 9.41. The van der Waals surface area contributed by atoms with E-state index in [4.69, 9.17) is 20.8 Å². The Morgan fingerprint density at radius 3 is 2.80 bits per heavy atom. The van der Waals surface area contributed by atoms with Crippen LogP contribution in [0.25, 0.3) is 0 Å². The summed E-state index contributed by atoms with van der Waals surface area (Å²) < 4.78 is 13.0. The lowest BCUT2D eigenvalue weighted by Gasteiger charge is -2.04. The maximum absolute atomic E-state index is 12.5. The second-order valence-corrected chi connectivity index (χ2v) is 7.31. The van der Waals surface area contributed by atoms with Crippen molar-refractivity contribution in [3.63, 3.8) is 0 Å². The quantitative estimate of drug-likeness (QED) is 0.438. The lowest BCUT2D eigenvalue weighted by Crippen LogP contribution is -2.10. The molecule has 0 radical (unpaired) electrons. The highest BCUT2D eigenvalue weighted by molar-refractivity contribution is 6.30. The van der Waals surface area contributed by atoms with Gasteiger partial charge in [0.05, 0.1) is 18.4 Å². The van der Waals surface area contributed by atoms with E-state index in [9.17, 15) is 4.79 Å². The van der Waals surface area contributed by atoms with E-state index >= 15 is 0 Å². The van der Waals surface area contributed by atoms with E-state index in [0.29, 0.717) is 28.8 Å². The van der Waals surface area contributed by atoms with E-state index in [-0.39, 0.29) is 18.3 Å². The van der Waals surface area contributed by atoms with E-state index in [1.807, 2.05) is 12.1 Å². The smallest absolute Gasteiger partial charge is 0.291 e. The summed E-state index contributed by atoms with van der Waals surface area (Å²) in [6.07, 6.45) is 3.40. The summed E-state index contributed by atoms with van der Waals surface area (Å²) in [6.45, 7) is 2.89. The highest BCUT2D eigenvalue weighted by Gasteiger charge is 2.13. The average Bonchev–Trinajstić information content (AvgIpc) is 3.37. The third-order valence-corrected chi connectivity index (χ3v) is 4.65. The molecule has 1 N–H and O–H groups in total. The molecule has 0 bridgehead atoms. The minimum Gasteiger partial charge on any atom is -0.486 e. The number of aryl methyl sites for hydroxylation is 1. The van der Waals surface area contributed by atoms with Gasteiger partial charge in [-0.25, -0.2) is 0 Å². The van der Waals surface area contributed by atoms with Crippen molar-refractivity contribution in [2.24, 2.45) is 0 Å². The normalized spacial score (nSPS) is 10.7. The molecule has 2 aromatic heterocycles. The predicted octanol–water partition coefficient (Wildman–Crippen LogP) is 5.32. The van der Waals surface area contributed by atoms with E-state index in [2.05, 4.69) is 29.5 Å². The van der Waals surface area contributed by atoms with Crippen molar-refractivity contribution < 1.29 is 13.9 Å². The first-order valence-corrected chi connectivity index (χ1v) is 9.79. The Hall–Kier alpha value is -3.51. The highest BCUT2D eigenvalue weighted by Crippen LogP contribution is 2.18. The number of nitrogens with zero attached hydrogens (tertiary/aromatic N) is 2. The van der Waals surface area contributed by atoms with Crippen molar-refractivity contribution in [2.45, 2.75) is 20.1 Å². The number of furan rings is 1. The number of nitrogens with one attached hydrogen (secondary N) is 1. The van der Waals surface area contributed by atoms with Crippen LogP contribution in [0.3, 0.4) is 0 Å². The topological polar surface area (TPSA) is 69.3 Å². The van der Waals surface area contributed by atoms with E-state index in [1.165, 1.54) is 5.56 Å². The number of amides is 1. The van der Waals surface area contributed by atoms with Gasteiger partial charge in [-0.2, -0.15) is 5.10 Å². The SMILES string of the molecule is Cc1cccc(Cn2cc(NC(=O)c3ccc(COc4ccc(Cl)cc4)o3)cn2)c1. The van der Waals surface area contributed by atoms with Crippen LogP contribution in [0, 0.1) is 6.92 Å². The zero-order valence-corrected chi connectivity index (χ0v) is 17.1. The number of hydrogen-bond donors (Lipinski definition) is 1. The van der Waals surface area contributed by atoms with Gasteiger partial charge in [0.2, 0.25) is 0 Å². The molecule has 0 spiro atoms. The first kappa shape index (κ1) is 19.8. The molecule has 0 saturated carbocycles. The highest BCUT2D eigenvalue weighted by atomic mass is 35.5. The molecule has 2 aromatic carbocycles. The molecule has 0 aliphatic carbocycles. The Bertz CT molecular complexity index is 1150. The maximum atomic E-state index is 12.5. The molecule has 7 heteroatoms. The van der Waals surface area contributed by atoms with Crippen molar-refractivity contribution in [1.29, 1.82) is 0 Å². The molecule has 30 heavy (non-hydrogen) atoms. The van der Waals surface area contributed by atoms with Crippen LogP contribution in [0.5, 0.6) is 5.75 Å². The summed E-state index contributed by atoms with van der Waals surface area (Å²) in [5.41, 5.74) is 2.94. The fraction of sp³-hybridized carbons (Fsp3) is 0.130. The number of hydrogen-bond acceptors (Lipinski definition) is 4. The standard InChI is InChI=1S/C23H20ClN3O3/c1-16-3-2-4-17(11-16)13-27-14-19(12-25-27)26-23(28)22-10-9-21(30-22)15-29-20-7-5-18(24)6-8-20/h2-12,14H,13,15H2,1H3,(H,26,28). The Morgan fingerprint density at radius 2 is 2.00 bits per heavy atom. The zero-order chi connectivity index (χ0) is 20.9. The number of aromatic nitrogens is 2. The summed E-state index contributed by atoms with van der Waals surface area (Å²) in [5, 5.41) is 7.74. The van der Waals surface area contributed by atoms with Crippen molar-refractivity contribution in [3.8, 4) is 5.75 Å². The molecule has 4 aromatic rings. The van der Waals surface area contributed by atoms with Crippen LogP contribution in [-0.4, -0.2) is 15.7 Å². The van der Waals surface area contributed by atoms with E-state index in [1.54, 1.807) is 53.5 Å². The van der Waals surface area contributed by atoms with Gasteiger partial charge in [0, 0.05) is 11.2 Å². The van der Waals surface area contributed by atoms with Crippen molar-refractivity contribution in [3.05, 3.63) is 101 Å². The summed E-state index contributed by atoms with van der Waals surface area (Å²) in [4.78, 5) is 12.5. The molecular formula is C23H20ClN3O3. The van der Waals surface area contributed by atoms with Gasteiger partial charge in [0.15, 0.2) is 5.76 Å². The molecule has 152 valence electrons. The Balaban J connectivity index is 1.33. The van der Waals surface area contributed by atoms with Crippen LogP contribution >= 0.6 is 11.6 Å². The van der Waals surface area contributed by atoms with E-state index < -0.39 is 0 Å². The number of halogens is 1. The molecule has 0 aliphatic heterocycles. The summed E-state index contributed by atoms with van der Waals surface area (Å²) in [7, 11) is 0. The third-order valence-electron chi connectivity index (χ3n) is 4.40. The molecule has 1 amide bonds. The summed E-state index contributed by atoms with van der Waals surface area (Å²) >= 11 is 5.86. The number of carbonyl (C=O) groups excluding carboxylic acids is 1. The molecule has 0 aliphatic rings. The minimum absolute atomic E-state index is 0.205. The number of anilines is 1. The van der Waals surface area contributed by atoms with Gasteiger partial charge in [-0.1, -0.05) is 41.4 Å². The molecule has 0 unspecified atom stereocenters. The molecule has 0 saturated heterocycles. The maximum Gasteiger partial charge on any atom is 0.291 e. The molecule has 2 heterocycles. The number of rotatable bonds is 7. The molecular weight excluding hydrogens is 402 g/mol. The Kier molecular flexibility index (Phi) is 5.86. The van der Waals surface area contributed by atoms with Gasteiger partial charge in [-0.05, 0) is 48.9 Å². The first-order chi connectivity index (χ1) is 14.5. The zero-order valence-electron chi connectivity index (χ0n) is 16.3. The number of benzene rings is 2.